The van der Waals surface area contributed by atoms with E-state index in [2.05, 4.69) is 4.98 Å². The normalized spacial score (nSPS) is 11.8. The quantitative estimate of drug-likeness (QED) is 0.285. The molecule has 33 heavy (non-hydrogen) atoms. The first kappa shape index (κ1) is 20.3. The molecule has 0 fully saturated rings. The maximum Gasteiger partial charge on any atom is 0.318 e. The lowest BCUT2D eigenvalue weighted by molar-refractivity contribution is -0.394. The van der Waals surface area contributed by atoms with E-state index in [1.54, 1.807) is 34.7 Å². The molecule has 162 valence electrons. The molecule has 0 unspecified atom stereocenters. The van der Waals surface area contributed by atoms with Gasteiger partial charge >= 0.3 is 5.69 Å². The molecule has 0 aliphatic rings. The average molecular weight is 460 g/mol. The zero-order valence-corrected chi connectivity index (χ0v) is 17.4. The summed E-state index contributed by atoms with van der Waals surface area (Å²) >= 11 is 1.28. The van der Waals surface area contributed by atoms with Crippen LogP contribution in [0.15, 0.2) is 71.5 Å². The summed E-state index contributed by atoms with van der Waals surface area (Å²) in [6.45, 7) is 0. The van der Waals surface area contributed by atoms with Gasteiger partial charge in [0.25, 0.3) is 11.2 Å². The van der Waals surface area contributed by atoms with Gasteiger partial charge in [0.05, 0.1) is 31.5 Å². The summed E-state index contributed by atoms with van der Waals surface area (Å²) in [5.41, 5.74) is 1.17. The van der Waals surface area contributed by atoms with Crippen LogP contribution in [-0.2, 0) is 0 Å². The molecular formula is C22H12N4O6S. The van der Waals surface area contributed by atoms with Gasteiger partial charge in [-0.3, -0.25) is 25.0 Å². The molecule has 0 N–H and O–H groups in total. The Morgan fingerprint density at radius 1 is 0.970 bits per heavy atom. The van der Waals surface area contributed by atoms with Crippen molar-refractivity contribution in [1.29, 1.82) is 0 Å². The van der Waals surface area contributed by atoms with E-state index >= 15 is 0 Å². The molecule has 2 aromatic heterocycles. The predicted octanol–water partition coefficient (Wildman–Crippen LogP) is 4.07. The number of hydrogen-bond acceptors (Lipinski definition) is 8. The lowest BCUT2D eigenvalue weighted by Crippen LogP contribution is -2.22. The van der Waals surface area contributed by atoms with Crippen molar-refractivity contribution in [3.8, 4) is 11.5 Å². The first-order valence-electron chi connectivity index (χ1n) is 9.53. The Hall–Kier alpha value is -4.64. The molecule has 5 aromatic rings. The predicted molar refractivity (Wildman–Crippen MR) is 122 cm³/mol. The van der Waals surface area contributed by atoms with Gasteiger partial charge in [-0.05, 0) is 42.0 Å². The average Bonchev–Trinajstić information content (AvgIpc) is 3.31. The van der Waals surface area contributed by atoms with Crippen molar-refractivity contribution >= 4 is 44.8 Å². The smallest absolute Gasteiger partial charge is 0.318 e. The van der Waals surface area contributed by atoms with E-state index in [0.717, 1.165) is 28.7 Å². The molecule has 10 nitrogen and oxygen atoms in total. The number of aromatic nitrogens is 2. The minimum atomic E-state index is -0.739. The second kappa shape index (κ2) is 7.80. The standard InChI is InChI=1S/C22H12N4O6S/c27-21-20(33-22-23-16-3-1-2-4-17(16)24(21)22)11-13-5-8-15(9-6-13)32-19-10-7-14(25(28)29)12-18(19)26(30)31/h1-12H/b20-11+. The third kappa shape index (κ3) is 3.66. The molecule has 0 aliphatic heterocycles. The summed E-state index contributed by atoms with van der Waals surface area (Å²) < 4.78 is 7.66. The first-order chi connectivity index (χ1) is 15.9. The van der Waals surface area contributed by atoms with E-state index < -0.39 is 21.2 Å². The summed E-state index contributed by atoms with van der Waals surface area (Å²) in [4.78, 5) is 38.6. The van der Waals surface area contributed by atoms with E-state index in [1.165, 1.54) is 17.4 Å². The van der Waals surface area contributed by atoms with Gasteiger partial charge in [0.2, 0.25) is 5.75 Å². The lowest BCUT2D eigenvalue weighted by atomic mass is 10.2. The summed E-state index contributed by atoms with van der Waals surface area (Å²) in [5.74, 6) is 0.189. The molecule has 0 bridgehead atoms. The van der Waals surface area contributed by atoms with Crippen LogP contribution in [-0.4, -0.2) is 19.2 Å². The Labute approximate surface area is 187 Å². The van der Waals surface area contributed by atoms with Crippen LogP contribution in [0.3, 0.4) is 0 Å². The third-order valence-electron chi connectivity index (χ3n) is 4.90. The van der Waals surface area contributed by atoms with Crippen LogP contribution in [0.25, 0.3) is 22.1 Å². The number of nitrogens with zero attached hydrogens (tertiary/aromatic N) is 4. The molecule has 3 aromatic carbocycles. The van der Waals surface area contributed by atoms with Crippen LogP contribution in [0.5, 0.6) is 11.5 Å². The highest BCUT2D eigenvalue weighted by Gasteiger charge is 2.21. The highest BCUT2D eigenvalue weighted by molar-refractivity contribution is 7.15. The number of ether oxygens (including phenoxy) is 1. The largest absolute Gasteiger partial charge is 0.450 e. The Morgan fingerprint density at radius 3 is 2.45 bits per heavy atom. The molecular weight excluding hydrogens is 448 g/mol. The maximum atomic E-state index is 12.9. The number of nitro benzene ring substituents is 2. The molecule has 11 heteroatoms. The molecule has 0 radical (unpaired) electrons. The van der Waals surface area contributed by atoms with Crippen molar-refractivity contribution < 1.29 is 14.6 Å². The van der Waals surface area contributed by atoms with Gasteiger partial charge in [-0.2, -0.15) is 0 Å². The third-order valence-corrected chi connectivity index (χ3v) is 5.87. The summed E-state index contributed by atoms with van der Waals surface area (Å²) in [5, 5.41) is 22.1. The fourth-order valence-corrected chi connectivity index (χ4v) is 4.36. The fraction of sp³-hybridized carbons (Fsp3) is 0. The summed E-state index contributed by atoms with van der Waals surface area (Å²) in [6, 6.07) is 17.2. The number of nitro groups is 2. The Balaban J connectivity index is 1.46. The van der Waals surface area contributed by atoms with Gasteiger partial charge in [-0.1, -0.05) is 35.6 Å². The number of hydrogen-bond donors (Lipinski definition) is 0. The van der Waals surface area contributed by atoms with Crippen molar-refractivity contribution in [2.24, 2.45) is 0 Å². The SMILES string of the molecule is O=c1/c(=C\c2ccc(Oc3ccc([N+](=O)[O-])cc3[N+](=O)[O-])cc2)sc2nc3ccccc3n12. The monoisotopic (exact) mass is 460 g/mol. The van der Waals surface area contributed by atoms with Gasteiger partial charge in [0.1, 0.15) is 5.75 Å². The van der Waals surface area contributed by atoms with Crippen molar-refractivity contribution in [3.05, 3.63) is 107 Å². The number of para-hydroxylation sites is 2. The van der Waals surface area contributed by atoms with E-state index in [-0.39, 0.29) is 11.3 Å². The van der Waals surface area contributed by atoms with Crippen LogP contribution in [0.1, 0.15) is 5.56 Å². The number of fused-ring (bicyclic) bond motifs is 3. The Kier molecular flexibility index (Phi) is 4.79. The minimum absolute atomic E-state index is 0.115. The van der Waals surface area contributed by atoms with Crippen molar-refractivity contribution in [2.45, 2.75) is 0 Å². The molecule has 0 amide bonds. The van der Waals surface area contributed by atoms with E-state index in [9.17, 15) is 25.0 Å². The first-order valence-corrected chi connectivity index (χ1v) is 10.3. The Bertz CT molecular complexity index is 1670. The van der Waals surface area contributed by atoms with Gasteiger partial charge < -0.3 is 4.74 Å². The highest BCUT2D eigenvalue weighted by Crippen LogP contribution is 2.34. The van der Waals surface area contributed by atoms with Gasteiger partial charge in [0, 0.05) is 6.07 Å². The number of rotatable bonds is 5. The molecule has 2 heterocycles. The van der Waals surface area contributed by atoms with Crippen molar-refractivity contribution in [2.75, 3.05) is 0 Å². The van der Waals surface area contributed by atoms with Crippen LogP contribution < -0.4 is 14.8 Å². The second-order valence-electron chi connectivity index (χ2n) is 6.97. The number of benzene rings is 3. The molecule has 0 atom stereocenters. The van der Waals surface area contributed by atoms with E-state index in [4.69, 9.17) is 4.74 Å². The molecule has 0 saturated heterocycles. The molecule has 0 aliphatic carbocycles. The lowest BCUT2D eigenvalue weighted by Gasteiger charge is -2.06. The summed E-state index contributed by atoms with van der Waals surface area (Å²) in [6.07, 6.45) is 1.73. The zero-order chi connectivity index (χ0) is 23.1. The van der Waals surface area contributed by atoms with Crippen LogP contribution in [0, 0.1) is 20.2 Å². The zero-order valence-electron chi connectivity index (χ0n) is 16.6. The fourth-order valence-electron chi connectivity index (χ4n) is 3.37. The van der Waals surface area contributed by atoms with Crippen molar-refractivity contribution in [1.82, 2.24) is 9.38 Å². The van der Waals surface area contributed by atoms with E-state index in [1.807, 2.05) is 24.3 Å². The van der Waals surface area contributed by atoms with E-state index in [0.29, 0.717) is 15.2 Å². The topological polar surface area (TPSA) is 130 Å². The Morgan fingerprint density at radius 2 is 1.73 bits per heavy atom. The molecule has 0 saturated carbocycles. The maximum absolute atomic E-state index is 12.9. The summed E-state index contributed by atoms with van der Waals surface area (Å²) in [7, 11) is 0. The van der Waals surface area contributed by atoms with Crippen LogP contribution >= 0.6 is 11.3 Å². The second-order valence-corrected chi connectivity index (χ2v) is 7.98. The van der Waals surface area contributed by atoms with Crippen LogP contribution in [0.2, 0.25) is 0 Å². The molecule has 5 rings (SSSR count). The van der Waals surface area contributed by atoms with Crippen LogP contribution in [0.4, 0.5) is 11.4 Å². The van der Waals surface area contributed by atoms with Gasteiger partial charge in [-0.15, -0.1) is 0 Å². The highest BCUT2D eigenvalue weighted by atomic mass is 32.1. The number of thiazole rings is 1. The van der Waals surface area contributed by atoms with Crippen molar-refractivity contribution in [3.63, 3.8) is 0 Å². The minimum Gasteiger partial charge on any atom is -0.450 e. The van der Waals surface area contributed by atoms with Gasteiger partial charge in [-0.25, -0.2) is 9.38 Å². The number of imidazole rings is 1. The number of non-ortho nitro benzene ring substituents is 1. The van der Waals surface area contributed by atoms with Gasteiger partial charge in [0.15, 0.2) is 4.96 Å². The molecule has 0 spiro atoms.